The normalized spacial score (nSPS) is 19.1. The number of halogens is 2. The largest absolute Gasteiger partial charge is 0.366 e. The average molecular weight is 304 g/mol. The van der Waals surface area contributed by atoms with Crippen LogP contribution in [0.2, 0.25) is 0 Å². The lowest BCUT2D eigenvalue weighted by molar-refractivity contribution is 0.208. The second-order valence-corrected chi connectivity index (χ2v) is 5.56. The molecule has 3 rings (SSSR count). The molecule has 0 aliphatic carbocycles. The first-order valence-electron chi connectivity index (χ1n) is 7.39. The maximum absolute atomic E-state index is 13.3. The Morgan fingerprint density at radius 1 is 1.23 bits per heavy atom. The van der Waals surface area contributed by atoms with E-state index < -0.39 is 11.6 Å². The Morgan fingerprint density at radius 3 is 2.91 bits per heavy atom. The van der Waals surface area contributed by atoms with Crippen LogP contribution in [0.5, 0.6) is 0 Å². The van der Waals surface area contributed by atoms with Gasteiger partial charge >= 0.3 is 0 Å². The second kappa shape index (κ2) is 6.79. The van der Waals surface area contributed by atoms with Crippen molar-refractivity contribution in [3.8, 4) is 0 Å². The van der Waals surface area contributed by atoms with Crippen molar-refractivity contribution >= 4 is 5.82 Å². The number of aromatic nitrogens is 2. The van der Waals surface area contributed by atoms with E-state index in [1.54, 1.807) is 12.3 Å². The van der Waals surface area contributed by atoms with E-state index in [0.29, 0.717) is 12.6 Å². The van der Waals surface area contributed by atoms with Crippen LogP contribution in [0.1, 0.15) is 18.4 Å². The molecule has 22 heavy (non-hydrogen) atoms. The van der Waals surface area contributed by atoms with Crippen LogP contribution in [0.25, 0.3) is 0 Å². The van der Waals surface area contributed by atoms with Crippen LogP contribution < -0.4 is 5.32 Å². The number of rotatable bonds is 4. The molecule has 1 unspecified atom stereocenters. The zero-order valence-electron chi connectivity index (χ0n) is 12.2. The number of nitrogens with zero attached hydrogens (tertiary/aromatic N) is 3. The molecule has 4 nitrogen and oxygen atoms in total. The summed E-state index contributed by atoms with van der Waals surface area (Å²) < 4.78 is 26.2. The predicted molar refractivity (Wildman–Crippen MR) is 80.3 cm³/mol. The van der Waals surface area contributed by atoms with Crippen molar-refractivity contribution in [1.29, 1.82) is 0 Å². The third kappa shape index (κ3) is 3.76. The fraction of sp³-hybridized carbons (Fsp3) is 0.375. The van der Waals surface area contributed by atoms with Crippen molar-refractivity contribution in [3.63, 3.8) is 0 Å². The third-order valence-corrected chi connectivity index (χ3v) is 3.83. The van der Waals surface area contributed by atoms with Crippen LogP contribution >= 0.6 is 0 Å². The third-order valence-electron chi connectivity index (χ3n) is 3.83. The molecule has 2 heterocycles. The number of hydrogen-bond donors (Lipinski definition) is 1. The maximum Gasteiger partial charge on any atom is 0.159 e. The predicted octanol–water partition coefficient (Wildman–Crippen LogP) is 2.83. The number of piperidine rings is 1. The Kier molecular flexibility index (Phi) is 4.58. The molecule has 0 amide bonds. The molecule has 116 valence electrons. The minimum Gasteiger partial charge on any atom is -0.366 e. The topological polar surface area (TPSA) is 41.0 Å². The summed E-state index contributed by atoms with van der Waals surface area (Å²) >= 11 is 0. The molecule has 0 spiro atoms. The summed E-state index contributed by atoms with van der Waals surface area (Å²) in [5, 5.41) is 3.39. The molecule has 0 saturated carbocycles. The highest BCUT2D eigenvalue weighted by molar-refractivity contribution is 5.33. The molecular formula is C16H18F2N4. The van der Waals surface area contributed by atoms with Crippen molar-refractivity contribution in [1.82, 2.24) is 14.9 Å². The van der Waals surface area contributed by atoms with Crippen LogP contribution in [0.15, 0.2) is 36.8 Å². The van der Waals surface area contributed by atoms with Crippen molar-refractivity contribution in [2.45, 2.75) is 25.4 Å². The monoisotopic (exact) mass is 304 g/mol. The van der Waals surface area contributed by atoms with Gasteiger partial charge in [0.25, 0.3) is 0 Å². The van der Waals surface area contributed by atoms with E-state index in [-0.39, 0.29) is 0 Å². The van der Waals surface area contributed by atoms with Crippen molar-refractivity contribution in [3.05, 3.63) is 54.0 Å². The van der Waals surface area contributed by atoms with Gasteiger partial charge in [0.1, 0.15) is 12.1 Å². The molecule has 1 aromatic heterocycles. The molecule has 1 aromatic carbocycles. The Bertz CT molecular complexity index is 621. The Labute approximate surface area is 128 Å². The quantitative estimate of drug-likeness (QED) is 0.943. The highest BCUT2D eigenvalue weighted by Gasteiger charge is 2.20. The zero-order chi connectivity index (χ0) is 15.4. The van der Waals surface area contributed by atoms with Crippen LogP contribution in [0.4, 0.5) is 14.6 Å². The first kappa shape index (κ1) is 14.8. The van der Waals surface area contributed by atoms with Gasteiger partial charge in [0.2, 0.25) is 0 Å². The van der Waals surface area contributed by atoms with E-state index in [1.165, 1.54) is 18.5 Å². The van der Waals surface area contributed by atoms with E-state index in [0.717, 1.165) is 37.3 Å². The van der Waals surface area contributed by atoms with Crippen molar-refractivity contribution in [2.75, 3.05) is 18.4 Å². The maximum atomic E-state index is 13.3. The summed E-state index contributed by atoms with van der Waals surface area (Å²) in [6.07, 6.45) is 5.35. The van der Waals surface area contributed by atoms with Crippen molar-refractivity contribution < 1.29 is 8.78 Å². The van der Waals surface area contributed by atoms with Gasteiger partial charge in [0, 0.05) is 25.3 Å². The Morgan fingerprint density at radius 2 is 2.14 bits per heavy atom. The average Bonchev–Trinajstić information content (AvgIpc) is 2.52. The van der Waals surface area contributed by atoms with Gasteiger partial charge in [-0.1, -0.05) is 6.07 Å². The lowest BCUT2D eigenvalue weighted by Crippen LogP contribution is -2.41. The van der Waals surface area contributed by atoms with Gasteiger partial charge in [0.15, 0.2) is 11.6 Å². The lowest BCUT2D eigenvalue weighted by atomic mass is 10.0. The molecule has 1 N–H and O–H groups in total. The SMILES string of the molecule is Fc1ccc(CN2CCCC(Nc3ccncn3)C2)cc1F. The van der Waals surface area contributed by atoms with Gasteiger partial charge in [-0.2, -0.15) is 0 Å². The molecule has 0 bridgehead atoms. The van der Waals surface area contributed by atoms with Crippen molar-refractivity contribution in [2.24, 2.45) is 0 Å². The number of anilines is 1. The fourth-order valence-electron chi connectivity index (χ4n) is 2.80. The van der Waals surface area contributed by atoms with Gasteiger partial charge < -0.3 is 5.32 Å². The zero-order valence-corrected chi connectivity index (χ0v) is 12.2. The summed E-state index contributed by atoms with van der Waals surface area (Å²) in [6, 6.07) is 6.24. The van der Waals surface area contributed by atoms with Crippen LogP contribution in [0, 0.1) is 11.6 Å². The summed E-state index contributed by atoms with van der Waals surface area (Å²) in [5.74, 6) is -0.773. The first-order chi connectivity index (χ1) is 10.7. The first-order valence-corrected chi connectivity index (χ1v) is 7.39. The number of nitrogens with one attached hydrogen (secondary N) is 1. The van der Waals surface area contributed by atoms with Crippen LogP contribution in [0.3, 0.4) is 0 Å². The minimum atomic E-state index is -0.800. The van der Waals surface area contributed by atoms with E-state index in [9.17, 15) is 8.78 Å². The summed E-state index contributed by atoms with van der Waals surface area (Å²) in [6.45, 7) is 2.43. The molecule has 2 aromatic rings. The summed E-state index contributed by atoms with van der Waals surface area (Å²) in [7, 11) is 0. The molecule has 1 saturated heterocycles. The number of hydrogen-bond acceptors (Lipinski definition) is 4. The molecule has 1 atom stereocenters. The second-order valence-electron chi connectivity index (χ2n) is 5.56. The lowest BCUT2D eigenvalue weighted by Gasteiger charge is -2.33. The van der Waals surface area contributed by atoms with E-state index in [4.69, 9.17) is 0 Å². The molecule has 1 aliphatic rings. The fourth-order valence-corrected chi connectivity index (χ4v) is 2.80. The number of benzene rings is 1. The Balaban J connectivity index is 1.59. The number of likely N-dealkylation sites (tertiary alicyclic amines) is 1. The molecule has 6 heteroatoms. The summed E-state index contributed by atoms with van der Waals surface area (Å²) in [4.78, 5) is 10.3. The Hall–Kier alpha value is -2.08. The van der Waals surface area contributed by atoms with E-state index >= 15 is 0 Å². The van der Waals surface area contributed by atoms with E-state index in [1.807, 2.05) is 6.07 Å². The van der Waals surface area contributed by atoms with Crippen LogP contribution in [-0.2, 0) is 6.54 Å². The molecule has 1 aliphatic heterocycles. The van der Waals surface area contributed by atoms with Gasteiger partial charge in [-0.25, -0.2) is 18.7 Å². The highest BCUT2D eigenvalue weighted by atomic mass is 19.2. The minimum absolute atomic E-state index is 0.300. The van der Waals surface area contributed by atoms with Gasteiger partial charge in [-0.15, -0.1) is 0 Å². The van der Waals surface area contributed by atoms with E-state index in [2.05, 4.69) is 20.2 Å². The van der Waals surface area contributed by atoms with Gasteiger partial charge in [0.05, 0.1) is 0 Å². The van der Waals surface area contributed by atoms with Crippen LogP contribution in [-0.4, -0.2) is 34.0 Å². The summed E-state index contributed by atoms with van der Waals surface area (Å²) in [5.41, 5.74) is 0.793. The standard InChI is InChI=1S/C16H18F2N4/c17-14-4-3-12(8-15(14)18)9-22-7-1-2-13(10-22)21-16-5-6-19-11-20-16/h3-6,8,11,13H,1-2,7,9-10H2,(H,19,20,21). The smallest absolute Gasteiger partial charge is 0.159 e. The molecule has 0 radical (unpaired) electrons. The highest BCUT2D eigenvalue weighted by Crippen LogP contribution is 2.17. The van der Waals surface area contributed by atoms with Gasteiger partial charge in [-0.05, 0) is 43.1 Å². The molecule has 1 fully saturated rings. The van der Waals surface area contributed by atoms with Gasteiger partial charge in [-0.3, -0.25) is 4.90 Å². The molecular weight excluding hydrogens is 286 g/mol.